The molecule has 1 aliphatic heterocycles. The highest BCUT2D eigenvalue weighted by Crippen LogP contribution is 2.12. The minimum absolute atomic E-state index is 0.267. The number of carboxylic acids is 1. The maximum absolute atomic E-state index is 10.7. The smallest absolute Gasteiger partial charge is 0.334 e. The topological polar surface area (TPSA) is 93.4 Å². The molecule has 0 spiro atoms. The number of morpholine rings is 1. The Bertz CT molecular complexity index is 365. The monoisotopic (exact) mass is 213 g/mol. The van der Waals surface area contributed by atoms with E-state index in [1.165, 1.54) is 4.68 Å². The number of anilines is 1. The van der Waals surface area contributed by atoms with Gasteiger partial charge in [-0.3, -0.25) is 0 Å². The number of aliphatic carboxylic acids is 1. The maximum Gasteiger partial charge on any atom is 0.334 e. The van der Waals surface area contributed by atoms with Crippen molar-refractivity contribution in [3.63, 3.8) is 0 Å². The molecule has 1 aromatic heterocycles. The number of carbonyl (C=O) groups is 1. The van der Waals surface area contributed by atoms with E-state index >= 15 is 0 Å². The van der Waals surface area contributed by atoms with Crippen LogP contribution in [0.1, 0.15) is 0 Å². The van der Waals surface area contributed by atoms with Gasteiger partial charge in [0.15, 0.2) is 6.10 Å². The molecule has 0 aromatic carbocycles. The Morgan fingerprint density at radius 1 is 1.67 bits per heavy atom. The lowest BCUT2D eigenvalue weighted by molar-refractivity contribution is -0.150. The molecule has 1 aliphatic rings. The van der Waals surface area contributed by atoms with Crippen LogP contribution in [-0.4, -0.2) is 57.1 Å². The largest absolute Gasteiger partial charge is 0.479 e. The zero-order chi connectivity index (χ0) is 10.8. The van der Waals surface area contributed by atoms with E-state index in [1.54, 1.807) is 11.9 Å². The van der Waals surface area contributed by atoms with Crippen LogP contribution in [0.25, 0.3) is 0 Å². The first-order valence-corrected chi connectivity index (χ1v) is 4.50. The summed E-state index contributed by atoms with van der Waals surface area (Å²) in [5.74, 6) is -0.403. The molecule has 0 radical (unpaired) electrons. The predicted molar refractivity (Wildman–Crippen MR) is 48.4 cm³/mol. The van der Waals surface area contributed by atoms with Crippen molar-refractivity contribution in [2.45, 2.75) is 6.10 Å². The molecule has 15 heavy (non-hydrogen) atoms. The fraction of sp³-hybridized carbons (Fsp3) is 0.714. The van der Waals surface area contributed by atoms with E-state index in [1.807, 2.05) is 0 Å². The number of carboxylic acid groups (broad SMARTS) is 1. The summed E-state index contributed by atoms with van der Waals surface area (Å²) < 4.78 is 6.59. The molecule has 2 rings (SSSR count). The lowest BCUT2D eigenvalue weighted by Gasteiger charge is -2.30. The zero-order valence-electron chi connectivity index (χ0n) is 8.20. The van der Waals surface area contributed by atoms with Gasteiger partial charge in [-0.05, 0) is 10.4 Å². The van der Waals surface area contributed by atoms with Gasteiger partial charge in [-0.25, -0.2) is 9.48 Å². The Morgan fingerprint density at radius 3 is 3.07 bits per heavy atom. The van der Waals surface area contributed by atoms with Crippen LogP contribution in [0, 0.1) is 0 Å². The second-order valence-electron chi connectivity index (χ2n) is 3.25. The van der Waals surface area contributed by atoms with Crippen LogP contribution >= 0.6 is 0 Å². The highest BCUT2D eigenvalue weighted by atomic mass is 16.5. The molecule has 1 aromatic rings. The van der Waals surface area contributed by atoms with Crippen molar-refractivity contribution in [1.29, 1.82) is 0 Å². The van der Waals surface area contributed by atoms with E-state index in [-0.39, 0.29) is 6.54 Å². The Balaban J connectivity index is 2.11. The Morgan fingerprint density at radius 2 is 2.47 bits per heavy atom. The molecule has 0 bridgehead atoms. The zero-order valence-corrected chi connectivity index (χ0v) is 8.20. The van der Waals surface area contributed by atoms with Gasteiger partial charge in [0.2, 0.25) is 5.95 Å². The number of aryl methyl sites for hydroxylation is 1. The summed E-state index contributed by atoms with van der Waals surface area (Å²) in [7, 11) is 1.71. The van der Waals surface area contributed by atoms with E-state index in [2.05, 4.69) is 15.5 Å². The Labute approximate surface area is 85.4 Å². The molecule has 8 nitrogen and oxygen atoms in total. The number of hydrogen-bond donors (Lipinski definition) is 1. The average molecular weight is 213 g/mol. The number of rotatable bonds is 2. The molecule has 1 unspecified atom stereocenters. The van der Waals surface area contributed by atoms with Crippen LogP contribution in [0.2, 0.25) is 0 Å². The Hall–Kier alpha value is -1.70. The van der Waals surface area contributed by atoms with Crippen molar-refractivity contribution in [3.05, 3.63) is 0 Å². The molecule has 0 aliphatic carbocycles. The minimum Gasteiger partial charge on any atom is -0.479 e. The first-order chi connectivity index (χ1) is 7.18. The summed E-state index contributed by atoms with van der Waals surface area (Å²) in [6, 6.07) is 0. The van der Waals surface area contributed by atoms with Gasteiger partial charge in [-0.1, -0.05) is 5.10 Å². The highest BCUT2D eigenvalue weighted by molar-refractivity contribution is 5.73. The number of ether oxygens (including phenoxy) is 1. The number of nitrogens with zero attached hydrogens (tertiary/aromatic N) is 5. The third-order valence-electron chi connectivity index (χ3n) is 2.22. The fourth-order valence-corrected chi connectivity index (χ4v) is 1.47. The first-order valence-electron chi connectivity index (χ1n) is 4.50. The maximum atomic E-state index is 10.7. The van der Waals surface area contributed by atoms with Gasteiger partial charge in [-0.2, -0.15) is 0 Å². The van der Waals surface area contributed by atoms with Crippen molar-refractivity contribution in [2.24, 2.45) is 7.05 Å². The molecule has 0 amide bonds. The van der Waals surface area contributed by atoms with Gasteiger partial charge in [0, 0.05) is 13.6 Å². The second kappa shape index (κ2) is 3.81. The normalized spacial score (nSPS) is 21.7. The van der Waals surface area contributed by atoms with E-state index in [4.69, 9.17) is 9.84 Å². The SMILES string of the molecule is Cn1nnnc1N1CCOC(C(=O)O)C1. The van der Waals surface area contributed by atoms with E-state index in [0.29, 0.717) is 19.1 Å². The van der Waals surface area contributed by atoms with Crippen molar-refractivity contribution in [3.8, 4) is 0 Å². The molecular weight excluding hydrogens is 202 g/mol. The summed E-state index contributed by atoms with van der Waals surface area (Å²) in [5.41, 5.74) is 0. The Kier molecular flexibility index (Phi) is 2.50. The molecular formula is C7H11N5O3. The van der Waals surface area contributed by atoms with E-state index in [9.17, 15) is 4.79 Å². The molecule has 1 saturated heterocycles. The molecule has 82 valence electrons. The predicted octanol–water partition coefficient (Wildman–Crippen LogP) is -1.50. The van der Waals surface area contributed by atoms with Crippen molar-refractivity contribution < 1.29 is 14.6 Å². The summed E-state index contributed by atoms with van der Waals surface area (Å²) in [6.45, 7) is 1.23. The quantitative estimate of drug-likeness (QED) is 0.638. The number of tetrazole rings is 1. The van der Waals surface area contributed by atoms with Gasteiger partial charge in [-0.15, -0.1) is 0 Å². The van der Waals surface area contributed by atoms with Gasteiger partial charge in [0.05, 0.1) is 13.2 Å². The standard InChI is InChI=1S/C7H11N5O3/c1-11-7(8-9-10-11)12-2-3-15-5(4-12)6(13)14/h5H,2-4H2,1H3,(H,13,14). The minimum atomic E-state index is -0.963. The summed E-state index contributed by atoms with van der Waals surface area (Å²) in [6.07, 6.45) is -0.810. The number of hydrogen-bond acceptors (Lipinski definition) is 6. The summed E-state index contributed by atoms with van der Waals surface area (Å²) in [5, 5.41) is 19.8. The lowest BCUT2D eigenvalue weighted by atomic mass is 10.3. The summed E-state index contributed by atoms with van der Waals surface area (Å²) >= 11 is 0. The second-order valence-corrected chi connectivity index (χ2v) is 3.25. The lowest BCUT2D eigenvalue weighted by Crippen LogP contribution is -2.47. The van der Waals surface area contributed by atoms with Crippen LogP contribution in [0.15, 0.2) is 0 Å². The molecule has 0 saturated carbocycles. The van der Waals surface area contributed by atoms with Crippen LogP contribution < -0.4 is 4.90 Å². The fourth-order valence-electron chi connectivity index (χ4n) is 1.47. The van der Waals surface area contributed by atoms with Crippen molar-refractivity contribution in [2.75, 3.05) is 24.6 Å². The molecule has 1 fully saturated rings. The van der Waals surface area contributed by atoms with E-state index in [0.717, 1.165) is 0 Å². The van der Waals surface area contributed by atoms with Gasteiger partial charge in [0.25, 0.3) is 0 Å². The van der Waals surface area contributed by atoms with Crippen LogP contribution in [-0.2, 0) is 16.6 Å². The van der Waals surface area contributed by atoms with Crippen LogP contribution in [0.3, 0.4) is 0 Å². The molecule has 1 N–H and O–H groups in total. The first kappa shape index (κ1) is 9.84. The average Bonchev–Trinajstić information content (AvgIpc) is 2.64. The molecule has 1 atom stereocenters. The van der Waals surface area contributed by atoms with Crippen molar-refractivity contribution in [1.82, 2.24) is 20.2 Å². The third-order valence-corrected chi connectivity index (χ3v) is 2.22. The van der Waals surface area contributed by atoms with Gasteiger partial charge in [0.1, 0.15) is 0 Å². The van der Waals surface area contributed by atoms with E-state index < -0.39 is 12.1 Å². The van der Waals surface area contributed by atoms with Gasteiger partial charge >= 0.3 is 5.97 Å². The van der Waals surface area contributed by atoms with Gasteiger partial charge < -0.3 is 14.7 Å². The highest BCUT2D eigenvalue weighted by Gasteiger charge is 2.28. The third kappa shape index (κ3) is 1.89. The molecule has 2 heterocycles. The summed E-state index contributed by atoms with van der Waals surface area (Å²) in [4.78, 5) is 12.5. The van der Waals surface area contributed by atoms with Crippen molar-refractivity contribution >= 4 is 11.9 Å². The number of aromatic nitrogens is 4. The van der Waals surface area contributed by atoms with Crippen LogP contribution in [0.4, 0.5) is 5.95 Å². The molecule has 8 heteroatoms. The van der Waals surface area contributed by atoms with Crippen LogP contribution in [0.5, 0.6) is 0 Å².